The van der Waals surface area contributed by atoms with Gasteiger partial charge in [-0.15, -0.1) is 0 Å². The summed E-state index contributed by atoms with van der Waals surface area (Å²) in [5, 5.41) is 6.38. The summed E-state index contributed by atoms with van der Waals surface area (Å²) >= 11 is 0. The van der Waals surface area contributed by atoms with Gasteiger partial charge in [0.05, 0.1) is 11.8 Å². The average molecular weight is 468 g/mol. The summed E-state index contributed by atoms with van der Waals surface area (Å²) < 4.78 is 7.80. The van der Waals surface area contributed by atoms with Gasteiger partial charge in [0.1, 0.15) is 18.1 Å². The van der Waals surface area contributed by atoms with Crippen molar-refractivity contribution < 1.29 is 9.53 Å². The maximum atomic E-state index is 13.1. The van der Waals surface area contributed by atoms with Gasteiger partial charge >= 0.3 is 0 Å². The Bertz CT molecular complexity index is 1140. The standard InChI is InChI=1S/C25H37N5O2Si/c1-17-9-10-20(18(2)13-17)27-21-14-26-23-22(28-21)19(24(31)29-25(3,4)5)15-30(23)16-32-11-12-33(6,7)8/h9-10,13-15H,11-12,16H2,1-8H3,(H,27,28)(H,29,31). The zero-order chi connectivity index (χ0) is 24.4. The van der Waals surface area contributed by atoms with Crippen molar-refractivity contribution in [3.63, 3.8) is 0 Å². The Morgan fingerprint density at radius 1 is 1.18 bits per heavy atom. The molecular formula is C25H37N5O2Si. The third-order valence-corrected chi connectivity index (χ3v) is 6.87. The predicted octanol–water partition coefficient (Wildman–Crippen LogP) is 5.63. The maximum absolute atomic E-state index is 13.1. The second-order valence-corrected chi connectivity index (χ2v) is 16.6. The lowest BCUT2D eigenvalue weighted by molar-refractivity contribution is 0.0886. The van der Waals surface area contributed by atoms with E-state index < -0.39 is 8.07 Å². The average Bonchev–Trinajstić information content (AvgIpc) is 3.03. The van der Waals surface area contributed by atoms with Crippen molar-refractivity contribution in [2.45, 2.75) is 72.6 Å². The van der Waals surface area contributed by atoms with Gasteiger partial charge in [0.2, 0.25) is 0 Å². The van der Waals surface area contributed by atoms with Gasteiger partial charge in [-0.2, -0.15) is 0 Å². The molecule has 2 N–H and O–H groups in total. The molecule has 0 bridgehead atoms. The zero-order valence-electron chi connectivity index (χ0n) is 21.2. The Labute approximate surface area is 198 Å². The zero-order valence-corrected chi connectivity index (χ0v) is 22.2. The third-order valence-electron chi connectivity index (χ3n) is 5.17. The van der Waals surface area contributed by atoms with E-state index in [1.54, 1.807) is 12.4 Å². The van der Waals surface area contributed by atoms with Crippen LogP contribution in [0.3, 0.4) is 0 Å². The molecule has 1 amide bonds. The molecule has 8 heteroatoms. The summed E-state index contributed by atoms with van der Waals surface area (Å²) in [4.78, 5) is 22.5. The number of nitrogens with one attached hydrogen (secondary N) is 2. The first-order chi connectivity index (χ1) is 15.3. The molecule has 0 spiro atoms. The molecule has 0 unspecified atom stereocenters. The normalized spacial score (nSPS) is 12.2. The minimum Gasteiger partial charge on any atom is -0.361 e. The Morgan fingerprint density at radius 3 is 2.55 bits per heavy atom. The number of carbonyl (C=O) groups excluding carboxylic acids is 1. The Morgan fingerprint density at radius 2 is 1.91 bits per heavy atom. The van der Waals surface area contributed by atoms with Crippen LogP contribution in [0.25, 0.3) is 11.2 Å². The molecule has 178 valence electrons. The van der Waals surface area contributed by atoms with Gasteiger partial charge < -0.3 is 19.9 Å². The second-order valence-electron chi connectivity index (χ2n) is 10.9. The highest BCUT2D eigenvalue weighted by atomic mass is 28.3. The van der Waals surface area contributed by atoms with E-state index in [1.807, 2.05) is 31.4 Å². The van der Waals surface area contributed by atoms with Crippen molar-refractivity contribution in [2.75, 3.05) is 11.9 Å². The van der Waals surface area contributed by atoms with Gasteiger partial charge in [-0.25, -0.2) is 9.97 Å². The molecule has 3 rings (SSSR count). The first-order valence-electron chi connectivity index (χ1n) is 11.4. The number of fused-ring (bicyclic) bond motifs is 1. The second kappa shape index (κ2) is 9.65. The Balaban J connectivity index is 1.93. The molecule has 0 saturated heterocycles. The number of anilines is 2. The van der Waals surface area contributed by atoms with Crippen LogP contribution in [0.4, 0.5) is 11.5 Å². The number of hydrogen-bond acceptors (Lipinski definition) is 5. The van der Waals surface area contributed by atoms with Crippen LogP contribution in [0, 0.1) is 13.8 Å². The summed E-state index contributed by atoms with van der Waals surface area (Å²) in [6.07, 6.45) is 3.49. The summed E-state index contributed by atoms with van der Waals surface area (Å²) in [5.74, 6) is 0.419. The number of aromatic nitrogens is 3. The third kappa shape index (κ3) is 6.88. The lowest BCUT2D eigenvalue weighted by atomic mass is 10.1. The molecular weight excluding hydrogens is 430 g/mol. The molecule has 0 fully saturated rings. The summed E-state index contributed by atoms with van der Waals surface area (Å²) in [5.41, 5.74) is 4.60. The van der Waals surface area contributed by atoms with Crippen LogP contribution in [-0.2, 0) is 11.5 Å². The molecule has 0 radical (unpaired) electrons. The lowest BCUT2D eigenvalue weighted by Crippen LogP contribution is -2.40. The van der Waals surface area contributed by atoms with Crippen molar-refractivity contribution in [1.29, 1.82) is 0 Å². The first kappa shape index (κ1) is 24.9. The highest BCUT2D eigenvalue weighted by molar-refractivity contribution is 6.76. The molecule has 2 aromatic heterocycles. The molecule has 3 aromatic rings. The minimum atomic E-state index is -1.18. The number of amides is 1. The molecule has 2 heterocycles. The number of hydrogen-bond donors (Lipinski definition) is 2. The van der Waals surface area contributed by atoms with Crippen molar-refractivity contribution in [1.82, 2.24) is 19.9 Å². The SMILES string of the molecule is Cc1ccc(Nc2cnc3c(n2)c(C(=O)NC(C)(C)C)cn3COCC[Si](C)(C)C)c(C)c1. The van der Waals surface area contributed by atoms with Crippen LogP contribution in [0.2, 0.25) is 25.7 Å². The minimum absolute atomic E-state index is 0.175. The topological polar surface area (TPSA) is 81.1 Å². The fraction of sp³-hybridized carbons (Fsp3) is 0.480. The van der Waals surface area contributed by atoms with Crippen molar-refractivity contribution >= 4 is 36.7 Å². The quantitative estimate of drug-likeness (QED) is 0.331. The van der Waals surface area contributed by atoms with E-state index in [2.05, 4.69) is 61.2 Å². The van der Waals surface area contributed by atoms with Crippen LogP contribution < -0.4 is 10.6 Å². The monoisotopic (exact) mass is 467 g/mol. The van der Waals surface area contributed by atoms with Crippen LogP contribution in [-0.4, -0.2) is 40.7 Å². The molecule has 0 saturated carbocycles. The Hall–Kier alpha value is -2.71. The van der Waals surface area contributed by atoms with Crippen LogP contribution in [0.15, 0.2) is 30.6 Å². The fourth-order valence-electron chi connectivity index (χ4n) is 3.42. The van der Waals surface area contributed by atoms with E-state index in [9.17, 15) is 4.79 Å². The van der Waals surface area contributed by atoms with Gasteiger partial charge in [0.25, 0.3) is 5.91 Å². The molecule has 0 aliphatic rings. The van der Waals surface area contributed by atoms with Gasteiger partial charge in [0.15, 0.2) is 5.65 Å². The molecule has 7 nitrogen and oxygen atoms in total. The molecule has 0 aliphatic heterocycles. The summed E-state index contributed by atoms with van der Waals surface area (Å²) in [6, 6.07) is 7.28. The van der Waals surface area contributed by atoms with Gasteiger partial charge in [0, 0.05) is 32.1 Å². The number of nitrogens with zero attached hydrogens (tertiary/aromatic N) is 3. The van der Waals surface area contributed by atoms with Gasteiger partial charge in [-0.05, 0) is 52.3 Å². The highest BCUT2D eigenvalue weighted by Crippen LogP contribution is 2.24. The van der Waals surface area contributed by atoms with E-state index in [-0.39, 0.29) is 11.4 Å². The van der Waals surface area contributed by atoms with E-state index in [1.165, 1.54) is 5.56 Å². The van der Waals surface area contributed by atoms with Crippen LogP contribution in [0.5, 0.6) is 0 Å². The smallest absolute Gasteiger partial charge is 0.255 e. The molecule has 0 atom stereocenters. The number of ether oxygens (including phenoxy) is 1. The summed E-state index contributed by atoms with van der Waals surface area (Å²) in [7, 11) is -1.18. The highest BCUT2D eigenvalue weighted by Gasteiger charge is 2.22. The number of carbonyl (C=O) groups is 1. The van der Waals surface area contributed by atoms with E-state index in [0.29, 0.717) is 35.9 Å². The largest absolute Gasteiger partial charge is 0.361 e. The maximum Gasteiger partial charge on any atom is 0.255 e. The van der Waals surface area contributed by atoms with E-state index in [0.717, 1.165) is 17.3 Å². The number of rotatable bonds is 8. The van der Waals surface area contributed by atoms with Gasteiger partial charge in [-0.1, -0.05) is 37.3 Å². The summed E-state index contributed by atoms with van der Waals surface area (Å²) in [6.45, 7) is 18.0. The van der Waals surface area contributed by atoms with Crippen LogP contribution >= 0.6 is 0 Å². The number of aryl methyl sites for hydroxylation is 2. The van der Waals surface area contributed by atoms with Crippen molar-refractivity contribution in [3.8, 4) is 0 Å². The van der Waals surface area contributed by atoms with Crippen molar-refractivity contribution in [3.05, 3.63) is 47.3 Å². The van der Waals surface area contributed by atoms with E-state index in [4.69, 9.17) is 9.72 Å². The molecule has 33 heavy (non-hydrogen) atoms. The predicted molar refractivity (Wildman–Crippen MR) is 138 cm³/mol. The Kier molecular flexibility index (Phi) is 7.28. The van der Waals surface area contributed by atoms with Gasteiger partial charge in [-0.3, -0.25) is 4.79 Å². The number of benzene rings is 1. The van der Waals surface area contributed by atoms with E-state index >= 15 is 0 Å². The van der Waals surface area contributed by atoms with Crippen LogP contribution in [0.1, 0.15) is 42.3 Å². The lowest BCUT2D eigenvalue weighted by Gasteiger charge is -2.20. The molecule has 0 aliphatic carbocycles. The fourth-order valence-corrected chi connectivity index (χ4v) is 4.17. The molecule has 1 aromatic carbocycles. The first-order valence-corrected chi connectivity index (χ1v) is 15.1. The van der Waals surface area contributed by atoms with Crippen molar-refractivity contribution in [2.24, 2.45) is 0 Å².